The highest BCUT2D eigenvalue weighted by atomic mass is 16.4. The lowest BCUT2D eigenvalue weighted by molar-refractivity contribution is 0.0697. The summed E-state index contributed by atoms with van der Waals surface area (Å²) >= 11 is 0. The Kier molecular flexibility index (Phi) is 4.48. The lowest BCUT2D eigenvalue weighted by atomic mass is 10.1. The maximum atomic E-state index is 10.8. The van der Waals surface area contributed by atoms with E-state index < -0.39 is 5.97 Å². The highest BCUT2D eigenvalue weighted by Gasteiger charge is 2.12. The van der Waals surface area contributed by atoms with Crippen LogP contribution < -0.4 is 0 Å². The fourth-order valence-electron chi connectivity index (χ4n) is 2.06. The van der Waals surface area contributed by atoms with Crippen molar-refractivity contribution >= 4 is 5.97 Å². The molecule has 0 fully saturated rings. The van der Waals surface area contributed by atoms with Crippen LogP contribution in [-0.4, -0.2) is 28.0 Å². The molecule has 0 aliphatic carbocycles. The zero-order valence-electron chi connectivity index (χ0n) is 11.7. The number of carboxylic acid groups (broad SMARTS) is 1. The molecule has 0 bridgehead atoms. The first kappa shape index (κ1) is 14.2. The first-order valence-electron chi connectivity index (χ1n) is 6.50. The molecule has 4 nitrogen and oxygen atoms in total. The zero-order valence-corrected chi connectivity index (χ0v) is 11.7. The number of nitrogens with zero attached hydrogens (tertiary/aromatic N) is 2. The average Bonchev–Trinajstić information content (AvgIpc) is 2.48. The molecule has 0 saturated heterocycles. The summed E-state index contributed by atoms with van der Waals surface area (Å²) in [4.78, 5) is 17.1. The van der Waals surface area contributed by atoms with E-state index in [1.807, 2.05) is 31.4 Å². The molecule has 1 heterocycles. The predicted octanol–water partition coefficient (Wildman–Crippen LogP) is 2.97. The highest BCUT2D eigenvalue weighted by molar-refractivity contribution is 5.87. The van der Waals surface area contributed by atoms with Crippen LogP contribution in [0.1, 0.15) is 34.5 Å². The molecule has 1 atom stereocenters. The molecule has 104 valence electrons. The first-order chi connectivity index (χ1) is 9.58. The second-order valence-corrected chi connectivity index (χ2v) is 4.88. The Labute approximate surface area is 118 Å². The van der Waals surface area contributed by atoms with E-state index in [0.29, 0.717) is 5.56 Å². The number of carbonyl (C=O) groups is 1. The van der Waals surface area contributed by atoms with Gasteiger partial charge in [0.2, 0.25) is 0 Å². The third-order valence-electron chi connectivity index (χ3n) is 3.46. The van der Waals surface area contributed by atoms with Crippen LogP contribution >= 0.6 is 0 Å². The molecule has 1 N–H and O–H groups in total. The van der Waals surface area contributed by atoms with Crippen molar-refractivity contribution in [3.63, 3.8) is 0 Å². The molecule has 1 aromatic carbocycles. The summed E-state index contributed by atoms with van der Waals surface area (Å²) in [5.41, 5.74) is 2.57. The van der Waals surface area contributed by atoms with Gasteiger partial charge < -0.3 is 5.11 Å². The maximum Gasteiger partial charge on any atom is 0.335 e. The van der Waals surface area contributed by atoms with Crippen LogP contribution in [0.15, 0.2) is 48.8 Å². The smallest absolute Gasteiger partial charge is 0.335 e. The first-order valence-corrected chi connectivity index (χ1v) is 6.50. The molecule has 0 saturated carbocycles. The molecule has 2 aromatic rings. The molecule has 0 spiro atoms. The Morgan fingerprint density at radius 1 is 1.30 bits per heavy atom. The van der Waals surface area contributed by atoms with E-state index in [-0.39, 0.29) is 6.04 Å². The summed E-state index contributed by atoms with van der Waals surface area (Å²) < 4.78 is 0. The van der Waals surface area contributed by atoms with Crippen molar-refractivity contribution < 1.29 is 9.90 Å². The minimum Gasteiger partial charge on any atom is -0.478 e. The van der Waals surface area contributed by atoms with Crippen LogP contribution in [0.2, 0.25) is 0 Å². The van der Waals surface area contributed by atoms with Gasteiger partial charge in [-0.15, -0.1) is 0 Å². The SMILES string of the molecule is CC(c1cccnc1)N(C)Cc1ccc(C(=O)O)cc1. The summed E-state index contributed by atoms with van der Waals surface area (Å²) in [6, 6.07) is 11.2. The number of pyridine rings is 1. The lowest BCUT2D eigenvalue weighted by Crippen LogP contribution is -2.22. The minimum atomic E-state index is -0.895. The van der Waals surface area contributed by atoms with Gasteiger partial charge in [0, 0.05) is 25.0 Å². The Morgan fingerprint density at radius 3 is 2.55 bits per heavy atom. The Balaban J connectivity index is 2.04. The standard InChI is InChI=1S/C16H18N2O2/c1-12(15-4-3-9-17-10-15)18(2)11-13-5-7-14(8-6-13)16(19)20/h3-10,12H,11H2,1-2H3,(H,19,20). The number of aromatic nitrogens is 1. The molecule has 0 aliphatic rings. The number of rotatable bonds is 5. The quantitative estimate of drug-likeness (QED) is 0.907. The van der Waals surface area contributed by atoms with Crippen molar-refractivity contribution in [2.24, 2.45) is 0 Å². The Bertz CT molecular complexity index is 567. The van der Waals surface area contributed by atoms with Crippen molar-refractivity contribution in [2.75, 3.05) is 7.05 Å². The molecular weight excluding hydrogens is 252 g/mol. The average molecular weight is 270 g/mol. The third kappa shape index (κ3) is 3.42. The zero-order chi connectivity index (χ0) is 14.5. The predicted molar refractivity (Wildman–Crippen MR) is 77.5 cm³/mol. The van der Waals surface area contributed by atoms with Gasteiger partial charge in [-0.2, -0.15) is 0 Å². The van der Waals surface area contributed by atoms with Crippen LogP contribution in [0.5, 0.6) is 0 Å². The summed E-state index contributed by atoms with van der Waals surface area (Å²) in [5.74, 6) is -0.895. The van der Waals surface area contributed by atoms with Crippen LogP contribution in [0.3, 0.4) is 0 Å². The van der Waals surface area contributed by atoms with Crippen molar-refractivity contribution in [1.82, 2.24) is 9.88 Å². The molecule has 4 heteroatoms. The normalized spacial score (nSPS) is 12.3. The summed E-state index contributed by atoms with van der Waals surface area (Å²) in [5, 5.41) is 8.88. The molecule has 1 unspecified atom stereocenters. The van der Waals surface area contributed by atoms with E-state index >= 15 is 0 Å². The molecule has 1 aromatic heterocycles. The monoisotopic (exact) mass is 270 g/mol. The Hall–Kier alpha value is -2.20. The van der Waals surface area contributed by atoms with E-state index in [0.717, 1.165) is 17.7 Å². The molecule has 20 heavy (non-hydrogen) atoms. The number of hydrogen-bond donors (Lipinski definition) is 1. The van der Waals surface area contributed by atoms with Gasteiger partial charge in [-0.25, -0.2) is 4.79 Å². The number of aromatic carboxylic acids is 1. The van der Waals surface area contributed by atoms with Crippen LogP contribution in [0, 0.1) is 0 Å². The van der Waals surface area contributed by atoms with Gasteiger partial charge in [-0.05, 0) is 43.3 Å². The van der Waals surface area contributed by atoms with Crippen molar-refractivity contribution in [2.45, 2.75) is 19.5 Å². The molecule has 0 radical (unpaired) electrons. The van der Waals surface area contributed by atoms with E-state index in [2.05, 4.69) is 22.9 Å². The third-order valence-corrected chi connectivity index (χ3v) is 3.46. The lowest BCUT2D eigenvalue weighted by Gasteiger charge is -2.24. The van der Waals surface area contributed by atoms with Gasteiger partial charge in [0.1, 0.15) is 0 Å². The van der Waals surface area contributed by atoms with E-state index in [1.165, 1.54) is 0 Å². The van der Waals surface area contributed by atoms with Gasteiger partial charge in [0.25, 0.3) is 0 Å². The molecule has 2 rings (SSSR count). The van der Waals surface area contributed by atoms with Gasteiger partial charge in [-0.1, -0.05) is 18.2 Å². The van der Waals surface area contributed by atoms with Gasteiger partial charge >= 0.3 is 5.97 Å². The fourth-order valence-corrected chi connectivity index (χ4v) is 2.06. The molecule has 0 aliphatic heterocycles. The maximum absolute atomic E-state index is 10.8. The van der Waals surface area contributed by atoms with Crippen molar-refractivity contribution in [1.29, 1.82) is 0 Å². The van der Waals surface area contributed by atoms with Gasteiger partial charge in [0.15, 0.2) is 0 Å². The van der Waals surface area contributed by atoms with Crippen LogP contribution in [0.25, 0.3) is 0 Å². The summed E-state index contributed by atoms with van der Waals surface area (Å²) in [7, 11) is 2.04. The second-order valence-electron chi connectivity index (χ2n) is 4.88. The molecule has 0 amide bonds. The van der Waals surface area contributed by atoms with Crippen LogP contribution in [0.4, 0.5) is 0 Å². The van der Waals surface area contributed by atoms with Crippen LogP contribution in [-0.2, 0) is 6.54 Å². The van der Waals surface area contributed by atoms with Crippen molar-refractivity contribution in [3.05, 3.63) is 65.5 Å². The van der Waals surface area contributed by atoms with Gasteiger partial charge in [-0.3, -0.25) is 9.88 Å². The van der Waals surface area contributed by atoms with E-state index in [4.69, 9.17) is 5.11 Å². The topological polar surface area (TPSA) is 53.4 Å². The second kappa shape index (κ2) is 6.30. The highest BCUT2D eigenvalue weighted by Crippen LogP contribution is 2.19. The van der Waals surface area contributed by atoms with Gasteiger partial charge in [0.05, 0.1) is 5.56 Å². The largest absolute Gasteiger partial charge is 0.478 e. The molecular formula is C16H18N2O2. The number of carboxylic acids is 1. The minimum absolute atomic E-state index is 0.253. The fraction of sp³-hybridized carbons (Fsp3) is 0.250. The summed E-state index contributed by atoms with van der Waals surface area (Å²) in [6.07, 6.45) is 3.63. The summed E-state index contributed by atoms with van der Waals surface area (Å²) in [6.45, 7) is 2.89. The Morgan fingerprint density at radius 2 is 2.00 bits per heavy atom. The van der Waals surface area contributed by atoms with Crippen molar-refractivity contribution in [3.8, 4) is 0 Å². The van der Waals surface area contributed by atoms with E-state index in [9.17, 15) is 4.79 Å². The number of hydrogen-bond acceptors (Lipinski definition) is 3. The van der Waals surface area contributed by atoms with E-state index in [1.54, 1.807) is 18.3 Å². The number of benzene rings is 1.